The first-order valence-electron chi connectivity index (χ1n) is 6.85. The van der Waals surface area contributed by atoms with Gasteiger partial charge in [-0.3, -0.25) is 4.79 Å². The van der Waals surface area contributed by atoms with Gasteiger partial charge in [-0.25, -0.2) is 4.98 Å². The highest BCUT2D eigenvalue weighted by Crippen LogP contribution is 2.19. The first-order valence-corrected chi connectivity index (χ1v) is 7.23. The number of ether oxygens (including phenoxy) is 1. The summed E-state index contributed by atoms with van der Waals surface area (Å²) in [4.78, 5) is 18.3. The number of aromatic nitrogens is 1. The molecule has 5 heteroatoms. The third kappa shape index (κ3) is 3.34. The molecule has 1 amide bonds. The molecule has 2 aromatic rings. The van der Waals surface area contributed by atoms with E-state index < -0.39 is 0 Å². The summed E-state index contributed by atoms with van der Waals surface area (Å²) >= 11 is 5.93. The van der Waals surface area contributed by atoms with Crippen molar-refractivity contribution in [3.8, 4) is 5.88 Å². The number of rotatable bonds is 3. The maximum Gasteiger partial charge on any atom is 0.254 e. The summed E-state index contributed by atoms with van der Waals surface area (Å²) < 4.78 is 5.78. The van der Waals surface area contributed by atoms with Crippen LogP contribution in [-0.2, 0) is 0 Å². The molecule has 0 bridgehead atoms. The Hall–Kier alpha value is -2.07. The second kappa shape index (κ2) is 6.14. The molecule has 1 atom stereocenters. The highest BCUT2D eigenvalue weighted by Gasteiger charge is 2.28. The lowest BCUT2D eigenvalue weighted by Gasteiger charge is -2.17. The monoisotopic (exact) mass is 302 g/mol. The molecule has 0 radical (unpaired) electrons. The predicted octanol–water partition coefficient (Wildman–Crippen LogP) is 3.03. The quantitative estimate of drug-likeness (QED) is 0.875. The molecule has 3 rings (SSSR count). The van der Waals surface area contributed by atoms with Gasteiger partial charge in [-0.15, -0.1) is 0 Å². The summed E-state index contributed by atoms with van der Waals surface area (Å²) in [5.74, 6) is 0.587. The highest BCUT2D eigenvalue weighted by atomic mass is 35.5. The molecule has 21 heavy (non-hydrogen) atoms. The van der Waals surface area contributed by atoms with Crippen molar-refractivity contribution in [2.45, 2.75) is 12.5 Å². The van der Waals surface area contributed by atoms with Crippen LogP contribution in [0, 0.1) is 0 Å². The minimum absolute atomic E-state index is 0.00961. The van der Waals surface area contributed by atoms with E-state index in [4.69, 9.17) is 16.3 Å². The molecule has 1 aromatic carbocycles. The lowest BCUT2D eigenvalue weighted by atomic mass is 10.2. The van der Waals surface area contributed by atoms with Gasteiger partial charge in [-0.05, 0) is 24.3 Å². The smallest absolute Gasteiger partial charge is 0.254 e. The van der Waals surface area contributed by atoms with E-state index in [9.17, 15) is 4.79 Å². The van der Waals surface area contributed by atoms with Gasteiger partial charge in [0, 0.05) is 35.8 Å². The average molecular weight is 303 g/mol. The fraction of sp³-hybridized carbons (Fsp3) is 0.250. The fourth-order valence-electron chi connectivity index (χ4n) is 2.40. The first kappa shape index (κ1) is 13.9. The zero-order valence-electron chi connectivity index (χ0n) is 11.4. The van der Waals surface area contributed by atoms with Crippen molar-refractivity contribution in [1.29, 1.82) is 0 Å². The first-order chi connectivity index (χ1) is 10.2. The summed E-state index contributed by atoms with van der Waals surface area (Å²) in [5.41, 5.74) is 0.612. The second-order valence-corrected chi connectivity index (χ2v) is 5.39. The van der Waals surface area contributed by atoms with Crippen molar-refractivity contribution in [3.05, 3.63) is 59.2 Å². The Morgan fingerprint density at radius 2 is 2.19 bits per heavy atom. The van der Waals surface area contributed by atoms with Crippen LogP contribution in [0.4, 0.5) is 0 Å². The summed E-state index contributed by atoms with van der Waals surface area (Å²) in [6, 6.07) is 12.6. The average Bonchev–Trinajstić information content (AvgIpc) is 2.96. The molecule has 0 aliphatic carbocycles. The summed E-state index contributed by atoms with van der Waals surface area (Å²) in [6.45, 7) is 1.25. The molecule has 0 N–H and O–H groups in total. The van der Waals surface area contributed by atoms with Crippen LogP contribution in [-0.4, -0.2) is 35.0 Å². The Kier molecular flexibility index (Phi) is 4.06. The van der Waals surface area contributed by atoms with Crippen molar-refractivity contribution in [3.63, 3.8) is 0 Å². The Balaban J connectivity index is 1.63. The van der Waals surface area contributed by atoms with E-state index >= 15 is 0 Å². The topological polar surface area (TPSA) is 42.4 Å². The van der Waals surface area contributed by atoms with E-state index in [1.807, 2.05) is 18.2 Å². The van der Waals surface area contributed by atoms with Gasteiger partial charge in [0.2, 0.25) is 5.88 Å². The van der Waals surface area contributed by atoms with Gasteiger partial charge in [0.15, 0.2) is 0 Å². The van der Waals surface area contributed by atoms with Crippen molar-refractivity contribution < 1.29 is 9.53 Å². The van der Waals surface area contributed by atoms with E-state index in [1.165, 1.54) is 0 Å². The summed E-state index contributed by atoms with van der Waals surface area (Å²) in [7, 11) is 0. The molecule has 1 unspecified atom stereocenters. The Morgan fingerprint density at radius 1 is 1.29 bits per heavy atom. The molecule has 1 aliphatic rings. The molecular formula is C16H15ClN2O2. The predicted molar refractivity (Wildman–Crippen MR) is 80.6 cm³/mol. The van der Waals surface area contributed by atoms with Gasteiger partial charge in [0.1, 0.15) is 6.10 Å². The maximum absolute atomic E-state index is 12.4. The molecule has 4 nitrogen and oxygen atoms in total. The molecule has 1 aliphatic heterocycles. The minimum Gasteiger partial charge on any atom is -0.472 e. The number of nitrogens with zero attached hydrogens (tertiary/aromatic N) is 2. The largest absolute Gasteiger partial charge is 0.472 e. The van der Waals surface area contributed by atoms with Crippen LogP contribution < -0.4 is 4.74 Å². The maximum atomic E-state index is 12.4. The Bertz CT molecular complexity index is 633. The molecule has 1 fully saturated rings. The Labute approximate surface area is 128 Å². The summed E-state index contributed by atoms with van der Waals surface area (Å²) in [5, 5.41) is 0.571. The van der Waals surface area contributed by atoms with Crippen molar-refractivity contribution in [2.75, 3.05) is 13.1 Å². The van der Waals surface area contributed by atoms with E-state index in [0.29, 0.717) is 29.6 Å². The van der Waals surface area contributed by atoms with Gasteiger partial charge in [0.25, 0.3) is 5.91 Å². The van der Waals surface area contributed by atoms with E-state index in [1.54, 1.807) is 35.4 Å². The van der Waals surface area contributed by atoms with Crippen LogP contribution in [0.1, 0.15) is 16.8 Å². The lowest BCUT2D eigenvalue weighted by Crippen LogP contribution is -2.31. The van der Waals surface area contributed by atoms with Gasteiger partial charge < -0.3 is 9.64 Å². The van der Waals surface area contributed by atoms with Gasteiger partial charge in [-0.2, -0.15) is 0 Å². The normalized spacial score (nSPS) is 17.8. The van der Waals surface area contributed by atoms with E-state index in [-0.39, 0.29) is 12.0 Å². The number of benzene rings is 1. The third-order valence-electron chi connectivity index (χ3n) is 3.43. The molecule has 1 aromatic heterocycles. The van der Waals surface area contributed by atoms with Crippen LogP contribution in [0.3, 0.4) is 0 Å². The van der Waals surface area contributed by atoms with Crippen LogP contribution in [0.5, 0.6) is 5.88 Å². The number of halogens is 1. The van der Waals surface area contributed by atoms with Crippen LogP contribution in [0.25, 0.3) is 0 Å². The van der Waals surface area contributed by atoms with Crippen molar-refractivity contribution in [1.82, 2.24) is 9.88 Å². The number of amides is 1. The number of likely N-dealkylation sites (tertiary alicyclic amines) is 1. The molecule has 0 spiro atoms. The minimum atomic E-state index is -0.0111. The van der Waals surface area contributed by atoms with Crippen LogP contribution in [0.2, 0.25) is 5.02 Å². The number of carbonyl (C=O) groups excluding carboxylic acids is 1. The molecule has 2 heterocycles. The van der Waals surface area contributed by atoms with Crippen molar-refractivity contribution >= 4 is 17.5 Å². The molecule has 108 valence electrons. The van der Waals surface area contributed by atoms with Gasteiger partial charge >= 0.3 is 0 Å². The standard InChI is InChI=1S/C16H15ClN2O2/c17-13-5-3-4-12(10-13)16(20)19-9-7-14(11-19)21-15-6-1-2-8-18-15/h1-6,8,10,14H,7,9,11H2. The van der Waals surface area contributed by atoms with E-state index in [0.717, 1.165) is 6.42 Å². The lowest BCUT2D eigenvalue weighted by molar-refractivity contribution is 0.0771. The zero-order chi connectivity index (χ0) is 14.7. The SMILES string of the molecule is O=C(c1cccc(Cl)c1)N1CCC(Oc2ccccn2)C1. The number of carbonyl (C=O) groups is 1. The number of pyridine rings is 1. The molecule has 1 saturated heterocycles. The third-order valence-corrected chi connectivity index (χ3v) is 3.66. The Morgan fingerprint density at radius 3 is 2.95 bits per heavy atom. The number of hydrogen-bond acceptors (Lipinski definition) is 3. The summed E-state index contributed by atoms with van der Waals surface area (Å²) in [6.07, 6.45) is 2.49. The van der Waals surface area contributed by atoms with Crippen LogP contribution in [0.15, 0.2) is 48.7 Å². The number of hydrogen-bond donors (Lipinski definition) is 0. The van der Waals surface area contributed by atoms with Gasteiger partial charge in [0.05, 0.1) is 6.54 Å². The zero-order valence-corrected chi connectivity index (χ0v) is 12.2. The van der Waals surface area contributed by atoms with Gasteiger partial charge in [-0.1, -0.05) is 23.7 Å². The van der Waals surface area contributed by atoms with Crippen LogP contribution >= 0.6 is 11.6 Å². The van der Waals surface area contributed by atoms with Crippen molar-refractivity contribution in [2.24, 2.45) is 0 Å². The highest BCUT2D eigenvalue weighted by molar-refractivity contribution is 6.30. The fourth-order valence-corrected chi connectivity index (χ4v) is 2.59. The van der Waals surface area contributed by atoms with E-state index in [2.05, 4.69) is 4.98 Å². The second-order valence-electron chi connectivity index (χ2n) is 4.96. The molecule has 0 saturated carbocycles. The molecular weight excluding hydrogens is 288 g/mol.